The van der Waals surface area contributed by atoms with E-state index in [-0.39, 0.29) is 17.0 Å². The third kappa shape index (κ3) is 4.96. The summed E-state index contributed by atoms with van der Waals surface area (Å²) < 4.78 is 18.3. The summed E-state index contributed by atoms with van der Waals surface area (Å²) in [5.41, 5.74) is 1.91. The lowest BCUT2D eigenvalue weighted by molar-refractivity contribution is -0.115. The highest BCUT2D eigenvalue weighted by Gasteiger charge is 2.15. The molecule has 1 N–H and O–H groups in total. The molecule has 2 aromatic rings. The number of benzene rings is 2. The Bertz CT molecular complexity index is 700. The van der Waals surface area contributed by atoms with Crippen molar-refractivity contribution in [3.63, 3.8) is 0 Å². The van der Waals surface area contributed by atoms with Crippen LogP contribution in [0.1, 0.15) is 6.92 Å². The largest absolute Gasteiger partial charge is 0.378 e. The van der Waals surface area contributed by atoms with Crippen molar-refractivity contribution in [2.24, 2.45) is 0 Å². The molecule has 2 aromatic carbocycles. The average Bonchev–Trinajstić information content (AvgIpc) is 2.65. The summed E-state index contributed by atoms with van der Waals surface area (Å²) in [6, 6.07) is 14.0. The monoisotopic (exact) mass is 360 g/mol. The summed E-state index contributed by atoms with van der Waals surface area (Å²) in [5, 5.41) is 2.65. The molecule has 132 valence electrons. The van der Waals surface area contributed by atoms with Crippen LogP contribution >= 0.6 is 11.8 Å². The van der Waals surface area contributed by atoms with Crippen LogP contribution in [-0.4, -0.2) is 37.5 Å². The number of carbonyl (C=O) groups is 1. The minimum absolute atomic E-state index is 0.0755. The second kappa shape index (κ2) is 8.36. The van der Waals surface area contributed by atoms with Crippen molar-refractivity contribution in [3.8, 4) is 0 Å². The molecule has 1 fully saturated rings. The highest BCUT2D eigenvalue weighted by atomic mass is 32.2. The van der Waals surface area contributed by atoms with Gasteiger partial charge in [-0.05, 0) is 55.5 Å². The number of halogens is 1. The van der Waals surface area contributed by atoms with Crippen LogP contribution in [0.4, 0.5) is 15.8 Å². The molecular formula is C19H21FN2O2S. The van der Waals surface area contributed by atoms with Crippen molar-refractivity contribution < 1.29 is 13.9 Å². The molecule has 1 unspecified atom stereocenters. The number of nitrogens with zero attached hydrogens (tertiary/aromatic N) is 1. The molecule has 25 heavy (non-hydrogen) atoms. The summed E-state index contributed by atoms with van der Waals surface area (Å²) >= 11 is 1.40. The van der Waals surface area contributed by atoms with Crippen LogP contribution in [0, 0.1) is 5.82 Å². The fourth-order valence-corrected chi connectivity index (χ4v) is 3.46. The van der Waals surface area contributed by atoms with Crippen molar-refractivity contribution in [2.45, 2.75) is 17.1 Å². The number of hydrogen-bond donors (Lipinski definition) is 1. The lowest BCUT2D eigenvalue weighted by atomic mass is 10.2. The smallest absolute Gasteiger partial charge is 0.237 e. The van der Waals surface area contributed by atoms with E-state index in [2.05, 4.69) is 10.2 Å². The van der Waals surface area contributed by atoms with Crippen LogP contribution < -0.4 is 10.2 Å². The summed E-state index contributed by atoms with van der Waals surface area (Å²) in [4.78, 5) is 15.5. The van der Waals surface area contributed by atoms with Gasteiger partial charge in [-0.2, -0.15) is 0 Å². The number of nitrogens with one attached hydrogen (secondary N) is 1. The topological polar surface area (TPSA) is 41.6 Å². The van der Waals surface area contributed by atoms with E-state index in [0.29, 0.717) is 0 Å². The molecule has 1 atom stereocenters. The van der Waals surface area contributed by atoms with Crippen molar-refractivity contribution in [2.75, 3.05) is 36.5 Å². The molecule has 0 saturated carbocycles. The van der Waals surface area contributed by atoms with Crippen LogP contribution in [0.2, 0.25) is 0 Å². The van der Waals surface area contributed by atoms with Crippen molar-refractivity contribution in [1.82, 2.24) is 0 Å². The van der Waals surface area contributed by atoms with Gasteiger partial charge in [0.1, 0.15) is 5.82 Å². The summed E-state index contributed by atoms with van der Waals surface area (Å²) in [7, 11) is 0. The van der Waals surface area contributed by atoms with E-state index in [1.165, 1.54) is 23.9 Å². The molecule has 1 saturated heterocycles. The lowest BCUT2D eigenvalue weighted by Gasteiger charge is -2.28. The van der Waals surface area contributed by atoms with Crippen LogP contribution in [0.5, 0.6) is 0 Å². The van der Waals surface area contributed by atoms with Crippen molar-refractivity contribution >= 4 is 29.0 Å². The number of thioether (sulfide) groups is 1. The first-order valence-electron chi connectivity index (χ1n) is 8.28. The van der Waals surface area contributed by atoms with Crippen LogP contribution in [-0.2, 0) is 9.53 Å². The van der Waals surface area contributed by atoms with E-state index in [1.807, 2.05) is 31.2 Å². The van der Waals surface area contributed by atoms with E-state index in [0.717, 1.165) is 42.6 Å². The maximum Gasteiger partial charge on any atom is 0.237 e. The second-order valence-electron chi connectivity index (χ2n) is 5.85. The molecule has 0 bridgehead atoms. The predicted octanol–water partition coefficient (Wildman–Crippen LogP) is 3.78. The van der Waals surface area contributed by atoms with E-state index < -0.39 is 0 Å². The lowest BCUT2D eigenvalue weighted by Crippen LogP contribution is -2.36. The Morgan fingerprint density at radius 1 is 1.12 bits per heavy atom. The molecule has 6 heteroatoms. The number of anilines is 2. The minimum Gasteiger partial charge on any atom is -0.378 e. The fraction of sp³-hybridized carbons (Fsp3) is 0.316. The zero-order valence-electron chi connectivity index (χ0n) is 14.1. The Labute approximate surface area is 151 Å². The number of morpholine rings is 1. The molecule has 3 rings (SSSR count). The average molecular weight is 360 g/mol. The third-order valence-corrected chi connectivity index (χ3v) is 5.12. The van der Waals surface area contributed by atoms with Gasteiger partial charge in [-0.25, -0.2) is 4.39 Å². The maximum atomic E-state index is 12.9. The normalized spacial score (nSPS) is 15.7. The zero-order chi connectivity index (χ0) is 17.6. The van der Waals surface area contributed by atoms with Gasteiger partial charge >= 0.3 is 0 Å². The van der Waals surface area contributed by atoms with E-state index in [4.69, 9.17) is 4.74 Å². The highest BCUT2D eigenvalue weighted by Crippen LogP contribution is 2.25. The molecule has 1 aliphatic rings. The van der Waals surface area contributed by atoms with Crippen LogP contribution in [0.15, 0.2) is 53.4 Å². The molecule has 0 aliphatic carbocycles. The van der Waals surface area contributed by atoms with Crippen LogP contribution in [0.3, 0.4) is 0 Å². The Balaban J connectivity index is 1.55. The molecule has 0 spiro atoms. The Hall–Kier alpha value is -2.05. The number of ether oxygens (including phenoxy) is 1. The second-order valence-corrected chi connectivity index (χ2v) is 7.26. The van der Waals surface area contributed by atoms with Gasteiger partial charge in [-0.15, -0.1) is 11.8 Å². The quantitative estimate of drug-likeness (QED) is 0.824. The SMILES string of the molecule is CC(Sc1ccc(F)cc1)C(=O)Nc1ccc(N2CCOCC2)cc1. The summed E-state index contributed by atoms with van der Waals surface area (Å²) in [6.45, 7) is 5.10. The summed E-state index contributed by atoms with van der Waals surface area (Å²) in [6.07, 6.45) is 0. The zero-order valence-corrected chi connectivity index (χ0v) is 14.9. The maximum absolute atomic E-state index is 12.9. The Morgan fingerprint density at radius 3 is 2.40 bits per heavy atom. The van der Waals surface area contributed by atoms with E-state index >= 15 is 0 Å². The van der Waals surface area contributed by atoms with Gasteiger partial charge < -0.3 is 15.0 Å². The van der Waals surface area contributed by atoms with Gasteiger partial charge in [0, 0.05) is 29.4 Å². The Kier molecular flexibility index (Phi) is 5.94. The first-order chi connectivity index (χ1) is 12.1. The van der Waals surface area contributed by atoms with Crippen molar-refractivity contribution in [3.05, 3.63) is 54.3 Å². The molecule has 0 aromatic heterocycles. The van der Waals surface area contributed by atoms with Gasteiger partial charge in [0.15, 0.2) is 0 Å². The predicted molar refractivity (Wildman–Crippen MR) is 99.8 cm³/mol. The van der Waals surface area contributed by atoms with Crippen LogP contribution in [0.25, 0.3) is 0 Å². The van der Waals surface area contributed by atoms with E-state index in [9.17, 15) is 9.18 Å². The van der Waals surface area contributed by atoms with Gasteiger partial charge in [0.25, 0.3) is 0 Å². The van der Waals surface area contributed by atoms with Crippen molar-refractivity contribution in [1.29, 1.82) is 0 Å². The highest BCUT2D eigenvalue weighted by molar-refractivity contribution is 8.00. The molecule has 1 aliphatic heterocycles. The Morgan fingerprint density at radius 2 is 1.76 bits per heavy atom. The molecular weight excluding hydrogens is 339 g/mol. The molecule has 1 amide bonds. The number of hydrogen-bond acceptors (Lipinski definition) is 4. The molecule has 0 radical (unpaired) electrons. The number of rotatable bonds is 5. The van der Waals surface area contributed by atoms with Gasteiger partial charge in [-0.3, -0.25) is 4.79 Å². The van der Waals surface area contributed by atoms with Gasteiger partial charge in [0.05, 0.1) is 18.5 Å². The summed E-state index contributed by atoms with van der Waals surface area (Å²) in [5.74, 6) is -0.352. The van der Waals surface area contributed by atoms with E-state index in [1.54, 1.807) is 12.1 Å². The first kappa shape index (κ1) is 17.8. The first-order valence-corrected chi connectivity index (χ1v) is 9.15. The third-order valence-electron chi connectivity index (χ3n) is 4.01. The molecule has 4 nitrogen and oxygen atoms in total. The standard InChI is InChI=1S/C19H21FN2O2S/c1-14(25-18-8-2-15(20)3-9-18)19(23)21-16-4-6-17(7-5-16)22-10-12-24-13-11-22/h2-9,14H,10-13H2,1H3,(H,21,23). The van der Waals surface area contributed by atoms with Gasteiger partial charge in [0.2, 0.25) is 5.91 Å². The van der Waals surface area contributed by atoms with Gasteiger partial charge in [-0.1, -0.05) is 0 Å². The molecule has 1 heterocycles. The number of carbonyl (C=O) groups excluding carboxylic acids is 1. The number of amides is 1. The fourth-order valence-electron chi connectivity index (χ4n) is 2.59. The minimum atomic E-state index is -0.276.